The van der Waals surface area contributed by atoms with Gasteiger partial charge in [0.15, 0.2) is 11.5 Å². The molecule has 2 aromatic rings. The van der Waals surface area contributed by atoms with Crippen LogP contribution in [0.15, 0.2) is 40.3 Å². The highest BCUT2D eigenvalue weighted by Crippen LogP contribution is 2.40. The second-order valence-electron chi connectivity index (χ2n) is 5.99. The zero-order valence-electron chi connectivity index (χ0n) is 16.2. The second kappa shape index (κ2) is 8.95. The van der Waals surface area contributed by atoms with Gasteiger partial charge in [-0.25, -0.2) is 14.2 Å². The first-order valence-corrected chi connectivity index (χ1v) is 9.88. The lowest BCUT2D eigenvalue weighted by atomic mass is 10.0. The van der Waals surface area contributed by atoms with Crippen LogP contribution in [0.25, 0.3) is 0 Å². The molecule has 0 fully saturated rings. The predicted molar refractivity (Wildman–Crippen MR) is 113 cm³/mol. The zero-order chi connectivity index (χ0) is 21.0. The topological polar surface area (TPSA) is 95.5 Å². The highest BCUT2D eigenvalue weighted by Gasteiger charge is 2.28. The Morgan fingerprint density at radius 1 is 1.28 bits per heavy atom. The molecule has 1 aliphatic rings. The van der Waals surface area contributed by atoms with E-state index in [1.54, 1.807) is 30.5 Å². The van der Waals surface area contributed by atoms with Gasteiger partial charge in [-0.3, -0.25) is 0 Å². The minimum Gasteiger partial charge on any atom is -0.493 e. The third-order valence-corrected chi connectivity index (χ3v) is 4.92. The number of halogens is 1. The van der Waals surface area contributed by atoms with Crippen molar-refractivity contribution in [3.8, 4) is 11.5 Å². The van der Waals surface area contributed by atoms with Crippen LogP contribution in [0.2, 0.25) is 0 Å². The van der Waals surface area contributed by atoms with Crippen LogP contribution in [0.3, 0.4) is 0 Å². The number of fused-ring (bicyclic) bond motifs is 1. The van der Waals surface area contributed by atoms with Crippen LogP contribution in [0, 0.1) is 5.82 Å². The first-order chi connectivity index (χ1) is 14.0. The molecule has 0 unspecified atom stereocenters. The quantitative estimate of drug-likeness (QED) is 0.459. The number of nitrogen functional groups attached to an aromatic ring is 1. The summed E-state index contributed by atoms with van der Waals surface area (Å²) in [7, 11) is 2.70. The van der Waals surface area contributed by atoms with Crippen molar-refractivity contribution in [2.75, 3.05) is 32.8 Å². The standard InChI is InChI=1S/C20H20FN3O4S/c1-26-15-10-14(16(21)13-8-9-28-18(13)15)17(19(29-3)24-20(25)27-2)23-12-6-4-11(22)5-7-12/h4-7,10H,8-9,22H2,1-3H3/b23-17+,24-19-. The lowest BCUT2D eigenvalue weighted by Gasteiger charge is -2.14. The molecule has 29 heavy (non-hydrogen) atoms. The molecule has 0 spiro atoms. The molecule has 7 nitrogen and oxygen atoms in total. The van der Waals surface area contributed by atoms with Gasteiger partial charge in [0.25, 0.3) is 0 Å². The Balaban J connectivity index is 2.24. The molecule has 0 saturated heterocycles. The Labute approximate surface area is 171 Å². The number of ether oxygens (including phenoxy) is 3. The molecular formula is C20H20FN3O4S. The van der Waals surface area contributed by atoms with Crippen molar-refractivity contribution >= 4 is 40.0 Å². The first kappa shape index (κ1) is 20.7. The van der Waals surface area contributed by atoms with E-state index in [-0.39, 0.29) is 16.3 Å². The number of benzene rings is 2. The van der Waals surface area contributed by atoms with Crippen LogP contribution in [-0.2, 0) is 11.2 Å². The number of carbonyl (C=O) groups excluding carboxylic acids is 1. The molecule has 0 atom stereocenters. The number of nitrogens with zero attached hydrogens (tertiary/aromatic N) is 2. The summed E-state index contributed by atoms with van der Waals surface area (Å²) in [6, 6.07) is 8.24. The monoisotopic (exact) mass is 417 g/mol. The van der Waals surface area contributed by atoms with Crippen LogP contribution in [0.1, 0.15) is 11.1 Å². The number of aliphatic imine (C=N–C) groups is 2. The summed E-state index contributed by atoms with van der Waals surface area (Å²) in [5.41, 5.74) is 7.57. The number of anilines is 1. The Hall–Kier alpha value is -3.07. The minimum atomic E-state index is -0.809. The normalized spacial score (nSPS) is 13.7. The number of hydrogen-bond acceptors (Lipinski definition) is 7. The zero-order valence-corrected chi connectivity index (χ0v) is 17.0. The summed E-state index contributed by atoms with van der Waals surface area (Å²) < 4.78 is 30.9. The average Bonchev–Trinajstić information content (AvgIpc) is 3.23. The van der Waals surface area contributed by atoms with Gasteiger partial charge in [0.05, 0.1) is 26.5 Å². The van der Waals surface area contributed by atoms with E-state index in [9.17, 15) is 4.79 Å². The molecule has 0 aliphatic carbocycles. The lowest BCUT2D eigenvalue weighted by molar-refractivity contribution is 0.183. The number of thioether (sulfide) groups is 1. The van der Waals surface area contributed by atoms with Crippen molar-refractivity contribution in [3.63, 3.8) is 0 Å². The summed E-state index contributed by atoms with van der Waals surface area (Å²) >= 11 is 1.15. The maximum absolute atomic E-state index is 15.4. The lowest BCUT2D eigenvalue weighted by Crippen LogP contribution is -2.17. The van der Waals surface area contributed by atoms with Crippen LogP contribution < -0.4 is 15.2 Å². The van der Waals surface area contributed by atoms with Crippen molar-refractivity contribution < 1.29 is 23.4 Å². The first-order valence-electron chi connectivity index (χ1n) is 8.66. The van der Waals surface area contributed by atoms with E-state index < -0.39 is 11.9 Å². The SMILES string of the molecule is COC(=O)/N=C(SC)/C(=N/c1ccc(N)cc1)c1cc(OC)c2c(c1F)CCO2. The van der Waals surface area contributed by atoms with Gasteiger partial charge in [0.2, 0.25) is 0 Å². The molecule has 2 aromatic carbocycles. The van der Waals surface area contributed by atoms with E-state index in [4.69, 9.17) is 15.2 Å². The predicted octanol–water partition coefficient (Wildman–Crippen LogP) is 4.00. The third-order valence-electron chi connectivity index (χ3n) is 4.25. The fourth-order valence-electron chi connectivity index (χ4n) is 2.86. The van der Waals surface area contributed by atoms with Gasteiger partial charge >= 0.3 is 6.09 Å². The fourth-order valence-corrected chi connectivity index (χ4v) is 3.37. The molecule has 0 aromatic heterocycles. The van der Waals surface area contributed by atoms with Crippen molar-refractivity contribution in [2.24, 2.45) is 9.98 Å². The summed E-state index contributed by atoms with van der Waals surface area (Å²) in [5.74, 6) is 0.285. The van der Waals surface area contributed by atoms with E-state index in [2.05, 4.69) is 14.7 Å². The van der Waals surface area contributed by atoms with E-state index in [1.807, 2.05) is 0 Å². The van der Waals surface area contributed by atoms with Gasteiger partial charge in [-0.15, -0.1) is 11.8 Å². The molecule has 1 amide bonds. The molecule has 0 saturated carbocycles. The van der Waals surface area contributed by atoms with Gasteiger partial charge in [0.1, 0.15) is 16.6 Å². The maximum atomic E-state index is 15.4. The van der Waals surface area contributed by atoms with Crippen LogP contribution in [0.4, 0.5) is 20.6 Å². The smallest absolute Gasteiger partial charge is 0.434 e. The van der Waals surface area contributed by atoms with Crippen molar-refractivity contribution in [1.82, 2.24) is 0 Å². The summed E-state index contributed by atoms with van der Waals surface area (Å²) in [4.78, 5) is 20.3. The van der Waals surface area contributed by atoms with E-state index >= 15 is 4.39 Å². The largest absolute Gasteiger partial charge is 0.493 e. The number of amides is 1. The summed E-state index contributed by atoms with van der Waals surface area (Å²) in [5, 5.41) is 0.202. The van der Waals surface area contributed by atoms with Gasteiger partial charge in [-0.05, 0) is 36.6 Å². The average molecular weight is 417 g/mol. The Morgan fingerprint density at radius 3 is 2.62 bits per heavy atom. The number of carbonyl (C=O) groups is 1. The van der Waals surface area contributed by atoms with Crippen molar-refractivity contribution in [3.05, 3.63) is 47.3 Å². The van der Waals surface area contributed by atoms with Crippen LogP contribution >= 0.6 is 11.8 Å². The second-order valence-corrected chi connectivity index (χ2v) is 6.78. The summed E-state index contributed by atoms with van der Waals surface area (Å²) in [6.07, 6.45) is 1.31. The van der Waals surface area contributed by atoms with Gasteiger partial charge in [0, 0.05) is 23.2 Å². The number of methoxy groups -OCH3 is 2. The molecule has 0 radical (unpaired) electrons. The van der Waals surface area contributed by atoms with Crippen LogP contribution in [-0.4, -0.2) is 43.9 Å². The van der Waals surface area contributed by atoms with E-state index in [0.29, 0.717) is 41.5 Å². The maximum Gasteiger partial charge on any atom is 0.434 e. The molecule has 0 bridgehead atoms. The van der Waals surface area contributed by atoms with Crippen molar-refractivity contribution in [2.45, 2.75) is 6.42 Å². The Bertz CT molecular complexity index is 990. The van der Waals surface area contributed by atoms with Crippen molar-refractivity contribution in [1.29, 1.82) is 0 Å². The Kier molecular flexibility index (Phi) is 6.38. The minimum absolute atomic E-state index is 0.153. The molecular weight excluding hydrogens is 397 g/mol. The van der Waals surface area contributed by atoms with Gasteiger partial charge < -0.3 is 19.9 Å². The number of rotatable bonds is 4. The van der Waals surface area contributed by atoms with E-state index in [1.165, 1.54) is 20.3 Å². The molecule has 1 heterocycles. The fraction of sp³-hybridized carbons (Fsp3) is 0.250. The third kappa shape index (κ3) is 4.34. The number of nitrogens with two attached hydrogens (primary N) is 1. The molecule has 1 aliphatic heterocycles. The highest BCUT2D eigenvalue weighted by molar-refractivity contribution is 8.15. The molecule has 9 heteroatoms. The molecule has 2 N–H and O–H groups in total. The molecule has 3 rings (SSSR count). The molecule has 152 valence electrons. The van der Waals surface area contributed by atoms with Gasteiger partial charge in [-0.2, -0.15) is 4.99 Å². The van der Waals surface area contributed by atoms with Gasteiger partial charge in [-0.1, -0.05) is 0 Å². The number of hydrogen-bond donors (Lipinski definition) is 1. The summed E-state index contributed by atoms with van der Waals surface area (Å²) in [6.45, 7) is 0.363. The van der Waals surface area contributed by atoms with E-state index in [0.717, 1.165) is 11.8 Å². The van der Waals surface area contributed by atoms with Crippen LogP contribution in [0.5, 0.6) is 11.5 Å². The highest BCUT2D eigenvalue weighted by atomic mass is 32.2. The Morgan fingerprint density at radius 2 is 2.00 bits per heavy atom.